The van der Waals surface area contributed by atoms with Crippen LogP contribution in [0.3, 0.4) is 0 Å². The van der Waals surface area contributed by atoms with Gasteiger partial charge in [0.15, 0.2) is 0 Å². The van der Waals surface area contributed by atoms with Crippen molar-refractivity contribution in [2.45, 2.75) is 32.5 Å². The summed E-state index contributed by atoms with van der Waals surface area (Å²) in [7, 11) is 0. The van der Waals surface area contributed by atoms with Crippen molar-refractivity contribution in [3.63, 3.8) is 0 Å². The highest BCUT2D eigenvalue weighted by molar-refractivity contribution is 9.11. The first-order valence-corrected chi connectivity index (χ1v) is 11.1. The number of phenolic OH excluding ortho intramolecular Hbond substituents is 1. The van der Waals surface area contributed by atoms with Gasteiger partial charge in [0.1, 0.15) is 23.2 Å². The Bertz CT molecular complexity index is 1050. The molecule has 0 saturated carbocycles. The molecule has 1 fully saturated rings. The van der Waals surface area contributed by atoms with Crippen molar-refractivity contribution in [3.05, 3.63) is 65.6 Å². The Kier molecular flexibility index (Phi) is 8.61. The Morgan fingerprint density at radius 3 is 2.03 bits per heavy atom. The summed E-state index contributed by atoms with van der Waals surface area (Å²) < 4.78 is 11.6. The average Bonchev–Trinajstić information content (AvgIpc) is 2.66. The summed E-state index contributed by atoms with van der Waals surface area (Å²) in [6, 6.07) is 8.46. The minimum atomic E-state index is -0.566. The number of benzene rings is 2. The second-order valence-electron chi connectivity index (χ2n) is 7.89. The number of carbonyl (C=O) groups excluding carboxylic acids is 1. The Hall–Kier alpha value is -2.93. The molecule has 1 heterocycles. The number of phenols is 1. The highest BCUT2D eigenvalue weighted by Gasteiger charge is 2.35. The smallest absolute Gasteiger partial charge is 0.410 e. The number of hydrogen-bond donors (Lipinski definition) is 1. The van der Waals surface area contributed by atoms with Crippen LogP contribution in [0.1, 0.15) is 20.8 Å². The largest absolute Gasteiger partial charge is 0.508 e. The number of nitro groups is 2. The van der Waals surface area contributed by atoms with Crippen LogP contribution in [0, 0.1) is 20.2 Å². The van der Waals surface area contributed by atoms with Gasteiger partial charge in [-0.15, -0.1) is 0 Å². The van der Waals surface area contributed by atoms with Crippen molar-refractivity contribution in [2.75, 3.05) is 13.1 Å². The van der Waals surface area contributed by atoms with Gasteiger partial charge in [-0.3, -0.25) is 20.2 Å². The van der Waals surface area contributed by atoms with E-state index in [0.29, 0.717) is 27.8 Å². The molecule has 0 spiro atoms. The zero-order valence-electron chi connectivity index (χ0n) is 17.9. The molecule has 1 amide bonds. The molecule has 1 saturated heterocycles. The van der Waals surface area contributed by atoms with Gasteiger partial charge < -0.3 is 19.5 Å². The highest BCUT2D eigenvalue weighted by atomic mass is 79.9. The molecule has 0 bridgehead atoms. The third kappa shape index (κ3) is 7.86. The molecule has 13 heteroatoms. The SMILES string of the molecule is CC(C)(C)OC(=O)N1CC(Oc2ccc(Br)c([N+](=O)[O-])c2)C1.O=[N+]([O-])c1cc(O)ccc1Br. The molecule has 1 N–H and O–H groups in total. The number of amides is 1. The van der Waals surface area contributed by atoms with Crippen LogP contribution in [0.15, 0.2) is 45.3 Å². The molecular formula is C20H21Br2N3O8. The highest BCUT2D eigenvalue weighted by Crippen LogP contribution is 2.30. The van der Waals surface area contributed by atoms with Crippen LogP contribution in [0.4, 0.5) is 16.2 Å². The van der Waals surface area contributed by atoms with Gasteiger partial charge in [-0.2, -0.15) is 0 Å². The molecule has 0 atom stereocenters. The Balaban J connectivity index is 0.000000294. The number of rotatable bonds is 4. The van der Waals surface area contributed by atoms with E-state index in [1.807, 2.05) is 0 Å². The normalized spacial score (nSPS) is 13.3. The molecular weight excluding hydrogens is 570 g/mol. The molecule has 33 heavy (non-hydrogen) atoms. The van der Waals surface area contributed by atoms with Crippen LogP contribution in [-0.2, 0) is 4.74 Å². The maximum Gasteiger partial charge on any atom is 0.410 e. The maximum absolute atomic E-state index is 11.8. The van der Waals surface area contributed by atoms with Crippen LogP contribution < -0.4 is 4.74 Å². The molecule has 0 radical (unpaired) electrons. The first kappa shape index (κ1) is 26.3. The van der Waals surface area contributed by atoms with E-state index in [4.69, 9.17) is 14.6 Å². The first-order chi connectivity index (χ1) is 15.3. The fraction of sp³-hybridized carbons (Fsp3) is 0.350. The number of likely N-dealkylation sites (tertiary alicyclic amines) is 1. The van der Waals surface area contributed by atoms with E-state index in [1.54, 1.807) is 32.9 Å². The van der Waals surface area contributed by atoms with Crippen molar-refractivity contribution in [2.24, 2.45) is 0 Å². The van der Waals surface area contributed by atoms with Gasteiger partial charge >= 0.3 is 6.09 Å². The zero-order chi connectivity index (χ0) is 24.9. The molecule has 2 aromatic rings. The maximum atomic E-state index is 11.8. The van der Waals surface area contributed by atoms with Crippen molar-refractivity contribution in [1.29, 1.82) is 0 Å². The van der Waals surface area contributed by atoms with Gasteiger partial charge in [-0.1, -0.05) is 0 Å². The number of ether oxygens (including phenoxy) is 2. The summed E-state index contributed by atoms with van der Waals surface area (Å²) in [5.41, 5.74) is -0.721. The van der Waals surface area contributed by atoms with E-state index in [2.05, 4.69) is 31.9 Å². The van der Waals surface area contributed by atoms with E-state index >= 15 is 0 Å². The molecule has 0 aliphatic carbocycles. The quantitative estimate of drug-likeness (QED) is 0.367. The topological polar surface area (TPSA) is 145 Å². The van der Waals surface area contributed by atoms with Gasteiger partial charge in [0.25, 0.3) is 11.4 Å². The Morgan fingerprint density at radius 1 is 1.03 bits per heavy atom. The minimum Gasteiger partial charge on any atom is -0.508 e. The molecule has 1 aliphatic rings. The fourth-order valence-corrected chi connectivity index (χ4v) is 3.31. The van der Waals surface area contributed by atoms with Crippen LogP contribution in [0.25, 0.3) is 0 Å². The lowest BCUT2D eigenvalue weighted by Crippen LogP contribution is -2.57. The summed E-state index contributed by atoms with van der Waals surface area (Å²) in [6.07, 6.45) is -0.567. The third-order valence-electron chi connectivity index (χ3n) is 4.04. The van der Waals surface area contributed by atoms with Crippen LogP contribution in [0.2, 0.25) is 0 Å². The lowest BCUT2D eigenvalue weighted by Gasteiger charge is -2.39. The van der Waals surface area contributed by atoms with Gasteiger partial charge in [-0.05, 0) is 76.9 Å². The van der Waals surface area contributed by atoms with Gasteiger partial charge in [0, 0.05) is 0 Å². The Morgan fingerprint density at radius 2 is 1.55 bits per heavy atom. The lowest BCUT2D eigenvalue weighted by molar-refractivity contribution is -0.385. The van der Waals surface area contributed by atoms with Crippen molar-refractivity contribution < 1.29 is 29.2 Å². The number of aromatic hydroxyl groups is 1. The molecule has 3 rings (SSSR count). The summed E-state index contributed by atoms with van der Waals surface area (Å²) in [4.78, 5) is 33.4. The first-order valence-electron chi connectivity index (χ1n) is 9.48. The van der Waals surface area contributed by atoms with E-state index in [0.717, 1.165) is 6.07 Å². The number of hydrogen-bond acceptors (Lipinski definition) is 8. The second-order valence-corrected chi connectivity index (χ2v) is 9.60. The van der Waals surface area contributed by atoms with Crippen LogP contribution >= 0.6 is 31.9 Å². The fourth-order valence-electron chi connectivity index (χ4n) is 2.53. The zero-order valence-corrected chi connectivity index (χ0v) is 21.0. The monoisotopic (exact) mass is 589 g/mol. The number of nitrogens with zero attached hydrogens (tertiary/aromatic N) is 3. The molecule has 1 aliphatic heterocycles. The third-order valence-corrected chi connectivity index (χ3v) is 5.38. The molecule has 2 aromatic carbocycles. The molecule has 178 valence electrons. The van der Waals surface area contributed by atoms with Crippen LogP contribution in [-0.4, -0.2) is 50.7 Å². The summed E-state index contributed by atoms with van der Waals surface area (Å²) >= 11 is 6.10. The standard InChI is InChI=1S/C14H17BrN2O5.C6H4BrNO3/c1-14(2,3)22-13(18)16-7-10(8-16)21-9-4-5-11(15)12(6-9)17(19)20;7-5-2-1-4(9)3-6(5)8(10)11/h4-6,10H,7-8H2,1-3H3;1-3,9H. The van der Waals surface area contributed by atoms with Gasteiger partial charge in [0.2, 0.25) is 0 Å². The molecule has 0 unspecified atom stereocenters. The summed E-state index contributed by atoms with van der Waals surface area (Å²) in [5.74, 6) is 0.295. The summed E-state index contributed by atoms with van der Waals surface area (Å²) in [6.45, 7) is 6.22. The lowest BCUT2D eigenvalue weighted by atomic mass is 10.1. The van der Waals surface area contributed by atoms with E-state index in [-0.39, 0.29) is 29.3 Å². The van der Waals surface area contributed by atoms with Crippen molar-refractivity contribution >= 4 is 49.3 Å². The average molecular weight is 591 g/mol. The second kappa shape index (κ2) is 10.8. The Labute approximate surface area is 205 Å². The predicted molar refractivity (Wildman–Crippen MR) is 125 cm³/mol. The van der Waals surface area contributed by atoms with Crippen molar-refractivity contribution in [3.8, 4) is 11.5 Å². The summed E-state index contributed by atoms with van der Waals surface area (Å²) in [5, 5.41) is 30.0. The van der Waals surface area contributed by atoms with Crippen molar-refractivity contribution in [1.82, 2.24) is 4.90 Å². The van der Waals surface area contributed by atoms with E-state index in [9.17, 15) is 25.0 Å². The number of nitro benzene ring substituents is 2. The van der Waals surface area contributed by atoms with E-state index < -0.39 is 15.4 Å². The van der Waals surface area contributed by atoms with E-state index in [1.165, 1.54) is 23.1 Å². The predicted octanol–water partition coefficient (Wildman–Crippen LogP) is 5.42. The van der Waals surface area contributed by atoms with Gasteiger partial charge in [0.05, 0.1) is 44.0 Å². The minimum absolute atomic E-state index is 0.0548. The molecule has 11 nitrogen and oxygen atoms in total. The molecule has 0 aromatic heterocycles. The van der Waals surface area contributed by atoms with Gasteiger partial charge in [-0.25, -0.2) is 4.79 Å². The number of carbonyl (C=O) groups is 1. The van der Waals surface area contributed by atoms with Crippen LogP contribution in [0.5, 0.6) is 11.5 Å². The number of halogens is 2.